The van der Waals surface area contributed by atoms with Crippen LogP contribution in [0.15, 0.2) is 54.6 Å². The smallest absolute Gasteiger partial charge is 0.341 e. The number of aliphatic carboxylic acids is 1. The number of carboxylic acid groups (broad SMARTS) is 1. The number of nitrogens with zero attached hydrogens (tertiary/aromatic N) is 1. The topological polar surface area (TPSA) is 94.6 Å². The number of rotatable bonds is 6. The molecule has 30 heavy (non-hydrogen) atoms. The number of carbonyl (C=O) groups is 2. The van der Waals surface area contributed by atoms with E-state index in [2.05, 4.69) is 39.3 Å². The van der Waals surface area contributed by atoms with Crippen molar-refractivity contribution in [2.24, 2.45) is 5.73 Å². The van der Waals surface area contributed by atoms with Crippen molar-refractivity contribution >= 4 is 56.3 Å². The Hall–Kier alpha value is -3.07. The van der Waals surface area contributed by atoms with E-state index in [1.54, 1.807) is 18.2 Å². The van der Waals surface area contributed by atoms with Crippen LogP contribution in [0.25, 0.3) is 21.8 Å². The number of ether oxygens (including phenoxy) is 1. The highest BCUT2D eigenvalue weighted by atomic mass is 127. The third kappa shape index (κ3) is 3.72. The number of aromatic nitrogens is 1. The summed E-state index contributed by atoms with van der Waals surface area (Å²) in [4.78, 5) is 23.3. The van der Waals surface area contributed by atoms with Crippen molar-refractivity contribution in [3.05, 3.63) is 74.9 Å². The molecule has 7 heteroatoms. The number of hydrogen-bond acceptors (Lipinski definition) is 3. The zero-order valence-electron chi connectivity index (χ0n) is 16.2. The van der Waals surface area contributed by atoms with E-state index in [0.717, 1.165) is 25.7 Å². The number of hydrogen-bond donors (Lipinski definition) is 2. The van der Waals surface area contributed by atoms with Crippen LogP contribution in [-0.2, 0) is 11.3 Å². The first-order chi connectivity index (χ1) is 14.3. The van der Waals surface area contributed by atoms with Crippen LogP contribution < -0.4 is 10.5 Å². The number of amides is 1. The fourth-order valence-corrected chi connectivity index (χ4v) is 4.41. The minimum absolute atomic E-state index is 0.378. The van der Waals surface area contributed by atoms with Crippen molar-refractivity contribution in [3.63, 3.8) is 0 Å². The highest BCUT2D eigenvalue weighted by molar-refractivity contribution is 14.1. The lowest BCUT2D eigenvalue weighted by Gasteiger charge is -2.10. The summed E-state index contributed by atoms with van der Waals surface area (Å²) in [5.41, 5.74) is 9.78. The zero-order valence-corrected chi connectivity index (χ0v) is 18.3. The third-order valence-electron chi connectivity index (χ3n) is 4.95. The molecule has 0 aliphatic carbocycles. The van der Waals surface area contributed by atoms with Crippen LogP contribution >= 0.6 is 22.6 Å². The summed E-state index contributed by atoms with van der Waals surface area (Å²) < 4.78 is 8.87. The second kappa shape index (κ2) is 7.98. The Balaban J connectivity index is 2.06. The molecule has 0 bridgehead atoms. The summed E-state index contributed by atoms with van der Waals surface area (Å²) in [7, 11) is 0. The largest absolute Gasteiger partial charge is 0.481 e. The Labute approximate surface area is 186 Å². The van der Waals surface area contributed by atoms with Gasteiger partial charge in [-0.05, 0) is 77.0 Å². The van der Waals surface area contributed by atoms with Crippen molar-refractivity contribution in [1.29, 1.82) is 0 Å². The molecule has 4 aromatic rings. The van der Waals surface area contributed by atoms with E-state index in [4.69, 9.17) is 15.6 Å². The van der Waals surface area contributed by atoms with E-state index in [-0.39, 0.29) is 0 Å². The normalized spacial score (nSPS) is 11.1. The molecule has 3 N–H and O–H groups in total. The predicted octanol–water partition coefficient (Wildman–Crippen LogP) is 4.32. The molecule has 3 aromatic carbocycles. The van der Waals surface area contributed by atoms with Crippen molar-refractivity contribution in [3.8, 4) is 5.75 Å². The van der Waals surface area contributed by atoms with Gasteiger partial charge >= 0.3 is 5.97 Å². The molecule has 0 aliphatic heterocycles. The van der Waals surface area contributed by atoms with Gasteiger partial charge in [-0.25, -0.2) is 4.79 Å². The monoisotopic (exact) mass is 514 g/mol. The Morgan fingerprint density at radius 1 is 1.07 bits per heavy atom. The first-order valence-electron chi connectivity index (χ1n) is 9.29. The molecule has 0 unspecified atom stereocenters. The maximum Gasteiger partial charge on any atom is 0.341 e. The van der Waals surface area contributed by atoms with Crippen LogP contribution in [0.4, 0.5) is 0 Å². The van der Waals surface area contributed by atoms with Crippen LogP contribution in [0.3, 0.4) is 0 Å². The number of carbonyl (C=O) groups excluding carboxylic acids is 1. The third-order valence-corrected chi connectivity index (χ3v) is 5.62. The van der Waals surface area contributed by atoms with Crippen LogP contribution in [0.2, 0.25) is 0 Å². The van der Waals surface area contributed by atoms with Gasteiger partial charge in [-0.2, -0.15) is 0 Å². The summed E-state index contributed by atoms with van der Waals surface area (Å²) in [5, 5.41) is 10.5. The quantitative estimate of drug-likeness (QED) is 0.375. The van der Waals surface area contributed by atoms with E-state index < -0.39 is 18.5 Å². The molecule has 0 fully saturated rings. The highest BCUT2D eigenvalue weighted by Crippen LogP contribution is 2.39. The summed E-state index contributed by atoms with van der Waals surface area (Å²) in [5.74, 6) is -1.19. The van der Waals surface area contributed by atoms with E-state index in [9.17, 15) is 9.59 Å². The Morgan fingerprint density at radius 2 is 1.83 bits per heavy atom. The summed E-state index contributed by atoms with van der Waals surface area (Å²) in [6, 6.07) is 17.4. The van der Waals surface area contributed by atoms with E-state index >= 15 is 0 Å². The fraction of sp³-hybridized carbons (Fsp3) is 0.130. The van der Waals surface area contributed by atoms with Gasteiger partial charge in [0.1, 0.15) is 5.75 Å². The van der Waals surface area contributed by atoms with E-state index in [0.29, 0.717) is 28.6 Å². The van der Waals surface area contributed by atoms with Gasteiger partial charge in [-0.1, -0.05) is 18.2 Å². The molecule has 0 saturated heterocycles. The van der Waals surface area contributed by atoms with Crippen molar-refractivity contribution in [2.75, 3.05) is 6.61 Å². The lowest BCUT2D eigenvalue weighted by molar-refractivity contribution is -0.139. The summed E-state index contributed by atoms with van der Waals surface area (Å²) in [6.45, 7) is 2.04. The molecule has 0 radical (unpaired) electrons. The minimum atomic E-state index is -1.07. The van der Waals surface area contributed by atoms with Gasteiger partial charge in [-0.3, -0.25) is 4.79 Å². The Kier molecular flexibility index (Phi) is 5.38. The Bertz CT molecular complexity index is 1310. The van der Waals surface area contributed by atoms with Crippen molar-refractivity contribution in [1.82, 2.24) is 4.57 Å². The van der Waals surface area contributed by atoms with E-state index in [1.807, 2.05) is 31.2 Å². The van der Waals surface area contributed by atoms with Gasteiger partial charge in [0, 0.05) is 21.1 Å². The average Bonchev–Trinajstić information content (AvgIpc) is 2.99. The number of benzene rings is 3. The number of primary amides is 1. The molecule has 152 valence electrons. The fourth-order valence-electron chi connectivity index (χ4n) is 3.80. The lowest BCUT2D eigenvalue weighted by atomic mass is 10.0. The number of fused-ring (bicyclic) bond motifs is 3. The first-order valence-corrected chi connectivity index (χ1v) is 10.4. The maximum atomic E-state index is 12.2. The molecule has 1 aromatic heterocycles. The van der Waals surface area contributed by atoms with Gasteiger partial charge < -0.3 is 20.1 Å². The van der Waals surface area contributed by atoms with Gasteiger partial charge in [0.2, 0.25) is 5.91 Å². The maximum absolute atomic E-state index is 12.2. The molecule has 0 saturated carbocycles. The van der Waals surface area contributed by atoms with Gasteiger partial charge in [0.15, 0.2) is 6.61 Å². The van der Waals surface area contributed by atoms with Gasteiger partial charge in [0.05, 0.1) is 16.4 Å². The SMILES string of the molecule is Cc1cc(OCC(=O)O)c2c3c(C(N)=O)cccc3n(Cc3cccc(I)c3)c2c1. The van der Waals surface area contributed by atoms with Crippen LogP contribution in [0.5, 0.6) is 5.75 Å². The number of carboxylic acids is 1. The Morgan fingerprint density at radius 3 is 2.53 bits per heavy atom. The molecule has 4 rings (SSSR count). The average molecular weight is 514 g/mol. The van der Waals surface area contributed by atoms with Crippen LogP contribution in [-0.4, -0.2) is 28.2 Å². The van der Waals surface area contributed by atoms with Crippen LogP contribution in [0.1, 0.15) is 21.5 Å². The summed E-state index contributed by atoms with van der Waals surface area (Å²) in [6.07, 6.45) is 0. The molecular weight excluding hydrogens is 495 g/mol. The molecule has 1 heterocycles. The molecule has 0 atom stereocenters. The number of halogens is 1. The predicted molar refractivity (Wildman–Crippen MR) is 124 cm³/mol. The second-order valence-electron chi connectivity index (χ2n) is 7.12. The molecule has 6 nitrogen and oxygen atoms in total. The molecule has 0 aliphatic rings. The number of aryl methyl sites for hydroxylation is 1. The van der Waals surface area contributed by atoms with Crippen molar-refractivity contribution < 1.29 is 19.4 Å². The molecular formula is C23H19IN2O4. The molecule has 1 amide bonds. The second-order valence-corrected chi connectivity index (χ2v) is 8.37. The molecule has 0 spiro atoms. The van der Waals surface area contributed by atoms with Crippen molar-refractivity contribution in [2.45, 2.75) is 13.5 Å². The highest BCUT2D eigenvalue weighted by Gasteiger charge is 2.20. The zero-order chi connectivity index (χ0) is 21.4. The lowest BCUT2D eigenvalue weighted by Crippen LogP contribution is -2.11. The van der Waals surface area contributed by atoms with Gasteiger partial charge in [0.25, 0.3) is 0 Å². The first kappa shape index (κ1) is 20.2. The number of nitrogens with two attached hydrogens (primary N) is 1. The minimum Gasteiger partial charge on any atom is -0.481 e. The standard InChI is InChI=1S/C23H19IN2O4/c1-13-8-18-22(19(9-13)30-12-20(27)28)21-16(23(25)29)6-3-7-17(21)26(18)11-14-4-2-5-15(24)10-14/h2-10H,11-12H2,1H3,(H2,25,29)(H,27,28). The summed E-state index contributed by atoms with van der Waals surface area (Å²) >= 11 is 2.28. The van der Waals surface area contributed by atoms with Gasteiger partial charge in [-0.15, -0.1) is 0 Å². The van der Waals surface area contributed by atoms with E-state index in [1.165, 1.54) is 0 Å². The van der Waals surface area contributed by atoms with Crippen LogP contribution in [0, 0.1) is 10.5 Å².